The molecule has 1 saturated heterocycles. The van der Waals surface area contributed by atoms with Crippen LogP contribution in [0.15, 0.2) is 0 Å². The molecule has 2 N–H and O–H groups in total. The fourth-order valence-electron chi connectivity index (χ4n) is 4.55. The van der Waals surface area contributed by atoms with Crippen molar-refractivity contribution in [2.45, 2.75) is 96.1 Å². The molecule has 2 aliphatic rings. The van der Waals surface area contributed by atoms with Crippen LogP contribution < -0.4 is 5.73 Å². The second kappa shape index (κ2) is 7.79. The molecule has 1 saturated carbocycles. The fraction of sp³-hybridized carbons (Fsp3) is 1.00. The molecule has 118 valence electrons. The van der Waals surface area contributed by atoms with Gasteiger partial charge in [0.05, 0.1) is 0 Å². The van der Waals surface area contributed by atoms with E-state index in [1.165, 1.54) is 77.2 Å². The molecule has 1 heterocycles. The molecule has 0 radical (unpaired) electrons. The Labute approximate surface area is 126 Å². The number of nitrogens with zero attached hydrogens (tertiary/aromatic N) is 1. The van der Waals surface area contributed by atoms with E-state index in [9.17, 15) is 0 Å². The second-order valence-electron chi connectivity index (χ2n) is 7.46. The predicted octanol–water partition coefficient (Wildman–Crippen LogP) is 4.33. The van der Waals surface area contributed by atoms with E-state index < -0.39 is 0 Å². The first-order chi connectivity index (χ1) is 9.71. The van der Waals surface area contributed by atoms with Crippen LogP contribution in [0.1, 0.15) is 84.5 Å². The van der Waals surface area contributed by atoms with E-state index in [1.807, 2.05) is 0 Å². The van der Waals surface area contributed by atoms with Crippen LogP contribution in [0.3, 0.4) is 0 Å². The lowest BCUT2D eigenvalue weighted by Gasteiger charge is -2.44. The molecule has 2 fully saturated rings. The number of likely N-dealkylation sites (tertiary alicyclic amines) is 1. The molecular weight excluding hydrogens is 244 g/mol. The van der Waals surface area contributed by atoms with Gasteiger partial charge in [0.25, 0.3) is 0 Å². The molecule has 0 aromatic heterocycles. The summed E-state index contributed by atoms with van der Waals surface area (Å²) < 4.78 is 0. The second-order valence-corrected chi connectivity index (χ2v) is 7.46. The summed E-state index contributed by atoms with van der Waals surface area (Å²) in [6.07, 6.45) is 15.4. The zero-order valence-electron chi connectivity index (χ0n) is 13.9. The van der Waals surface area contributed by atoms with Crippen molar-refractivity contribution < 1.29 is 0 Å². The molecule has 0 bridgehead atoms. The van der Waals surface area contributed by atoms with Gasteiger partial charge in [0.1, 0.15) is 0 Å². The molecular formula is C18H36N2. The molecule has 3 unspecified atom stereocenters. The minimum absolute atomic E-state index is 0.267. The summed E-state index contributed by atoms with van der Waals surface area (Å²) >= 11 is 0. The number of unbranched alkanes of at least 4 members (excludes halogenated alkanes) is 4. The van der Waals surface area contributed by atoms with Crippen LogP contribution in [0.25, 0.3) is 0 Å². The summed E-state index contributed by atoms with van der Waals surface area (Å²) in [4.78, 5) is 2.82. The first-order valence-electron chi connectivity index (χ1n) is 9.18. The van der Waals surface area contributed by atoms with Gasteiger partial charge in [-0.25, -0.2) is 0 Å². The summed E-state index contributed by atoms with van der Waals surface area (Å²) in [6.45, 7) is 6.86. The van der Waals surface area contributed by atoms with Crippen LogP contribution in [0, 0.1) is 5.92 Å². The van der Waals surface area contributed by atoms with Gasteiger partial charge in [-0.3, -0.25) is 4.90 Å². The van der Waals surface area contributed by atoms with Crippen molar-refractivity contribution in [3.63, 3.8) is 0 Å². The molecule has 20 heavy (non-hydrogen) atoms. The minimum atomic E-state index is 0.267. The average Bonchev–Trinajstić information content (AvgIpc) is 2.91. The summed E-state index contributed by atoms with van der Waals surface area (Å²) in [6, 6.07) is 0.855. The lowest BCUT2D eigenvalue weighted by Crippen LogP contribution is -2.54. The van der Waals surface area contributed by atoms with Crippen molar-refractivity contribution in [3.8, 4) is 0 Å². The van der Waals surface area contributed by atoms with Crippen molar-refractivity contribution >= 4 is 0 Å². The van der Waals surface area contributed by atoms with E-state index in [2.05, 4.69) is 18.7 Å². The fourth-order valence-corrected chi connectivity index (χ4v) is 4.55. The Morgan fingerprint density at radius 2 is 1.80 bits per heavy atom. The highest BCUT2D eigenvalue weighted by Crippen LogP contribution is 2.40. The van der Waals surface area contributed by atoms with Crippen molar-refractivity contribution in [2.24, 2.45) is 11.7 Å². The van der Waals surface area contributed by atoms with Crippen molar-refractivity contribution in [3.05, 3.63) is 0 Å². The van der Waals surface area contributed by atoms with Gasteiger partial charge >= 0.3 is 0 Å². The van der Waals surface area contributed by atoms with E-state index in [0.29, 0.717) is 0 Å². The average molecular weight is 280 g/mol. The third-order valence-electron chi connectivity index (χ3n) is 5.96. The van der Waals surface area contributed by atoms with Gasteiger partial charge in [-0.1, -0.05) is 51.9 Å². The summed E-state index contributed by atoms with van der Waals surface area (Å²) in [5.41, 5.74) is 6.47. The topological polar surface area (TPSA) is 29.3 Å². The van der Waals surface area contributed by atoms with E-state index in [4.69, 9.17) is 5.73 Å². The monoisotopic (exact) mass is 280 g/mol. The van der Waals surface area contributed by atoms with Crippen LogP contribution in [0.5, 0.6) is 0 Å². The van der Waals surface area contributed by atoms with Crippen molar-refractivity contribution in [1.29, 1.82) is 0 Å². The number of rotatable bonds is 8. The van der Waals surface area contributed by atoms with Crippen LogP contribution in [0.2, 0.25) is 0 Å². The number of nitrogens with two attached hydrogens (primary N) is 1. The van der Waals surface area contributed by atoms with Gasteiger partial charge in [-0.15, -0.1) is 0 Å². The Kier molecular flexibility index (Phi) is 6.35. The number of hydrogen-bond acceptors (Lipinski definition) is 2. The zero-order chi connectivity index (χ0) is 14.4. The molecule has 0 amide bonds. The van der Waals surface area contributed by atoms with Gasteiger partial charge in [-0.05, 0) is 45.1 Å². The highest BCUT2D eigenvalue weighted by molar-refractivity contribution is 4.99. The van der Waals surface area contributed by atoms with E-state index in [-0.39, 0.29) is 5.54 Å². The third-order valence-corrected chi connectivity index (χ3v) is 5.96. The molecule has 2 rings (SSSR count). The molecule has 2 nitrogen and oxygen atoms in total. The normalized spacial score (nSPS) is 30.1. The first-order valence-corrected chi connectivity index (χ1v) is 9.18. The standard InChI is InChI=1S/C18H36N2/c1-3-4-5-6-9-13-18(2,15-19)20-14-12-16-10-7-8-11-17(16)20/h16-17H,3-15,19H2,1-2H3. The van der Waals surface area contributed by atoms with Crippen molar-refractivity contribution in [2.75, 3.05) is 13.1 Å². The van der Waals surface area contributed by atoms with Crippen LogP contribution in [-0.2, 0) is 0 Å². The summed E-state index contributed by atoms with van der Waals surface area (Å²) in [5.74, 6) is 0.981. The maximum atomic E-state index is 6.21. The predicted molar refractivity (Wildman–Crippen MR) is 87.9 cm³/mol. The lowest BCUT2D eigenvalue weighted by atomic mass is 9.83. The molecule has 0 aromatic carbocycles. The van der Waals surface area contributed by atoms with E-state index in [0.717, 1.165) is 18.5 Å². The van der Waals surface area contributed by atoms with Gasteiger partial charge in [0, 0.05) is 18.1 Å². The number of fused-ring (bicyclic) bond motifs is 1. The smallest absolute Gasteiger partial charge is 0.0306 e. The Hall–Kier alpha value is -0.0800. The van der Waals surface area contributed by atoms with Gasteiger partial charge in [-0.2, -0.15) is 0 Å². The molecule has 2 heteroatoms. The molecule has 1 aliphatic carbocycles. The summed E-state index contributed by atoms with van der Waals surface area (Å²) in [5, 5.41) is 0. The van der Waals surface area contributed by atoms with Crippen LogP contribution in [0.4, 0.5) is 0 Å². The SMILES string of the molecule is CCCCCCCC(C)(CN)N1CCC2CCCCC21. The molecule has 0 spiro atoms. The Morgan fingerprint density at radius 3 is 2.55 bits per heavy atom. The minimum Gasteiger partial charge on any atom is -0.329 e. The Bertz CT molecular complexity index is 279. The van der Waals surface area contributed by atoms with Crippen LogP contribution in [-0.4, -0.2) is 29.6 Å². The number of hydrogen-bond donors (Lipinski definition) is 1. The maximum absolute atomic E-state index is 6.21. The largest absolute Gasteiger partial charge is 0.329 e. The molecule has 3 atom stereocenters. The van der Waals surface area contributed by atoms with Gasteiger partial charge in [0.15, 0.2) is 0 Å². The van der Waals surface area contributed by atoms with Gasteiger partial charge in [0.2, 0.25) is 0 Å². The van der Waals surface area contributed by atoms with Crippen LogP contribution >= 0.6 is 0 Å². The first kappa shape index (κ1) is 16.3. The lowest BCUT2D eigenvalue weighted by molar-refractivity contribution is 0.0588. The highest BCUT2D eigenvalue weighted by Gasteiger charge is 2.43. The van der Waals surface area contributed by atoms with Crippen molar-refractivity contribution in [1.82, 2.24) is 4.90 Å². The quantitative estimate of drug-likeness (QED) is 0.671. The highest BCUT2D eigenvalue weighted by atomic mass is 15.3. The summed E-state index contributed by atoms with van der Waals surface area (Å²) in [7, 11) is 0. The van der Waals surface area contributed by atoms with E-state index >= 15 is 0 Å². The van der Waals surface area contributed by atoms with E-state index in [1.54, 1.807) is 0 Å². The molecule has 1 aliphatic heterocycles. The third kappa shape index (κ3) is 3.76. The zero-order valence-corrected chi connectivity index (χ0v) is 13.9. The maximum Gasteiger partial charge on any atom is 0.0306 e. The molecule has 0 aromatic rings. The Balaban J connectivity index is 1.85. The Morgan fingerprint density at radius 1 is 1.05 bits per heavy atom. The van der Waals surface area contributed by atoms with Gasteiger partial charge < -0.3 is 5.73 Å².